The number of fused-ring (bicyclic) bond motifs is 9. The second-order valence-corrected chi connectivity index (χ2v) is 20.0. The van der Waals surface area contributed by atoms with Crippen LogP contribution in [0, 0.1) is 0 Å². The molecule has 300 valence electrons. The minimum absolute atomic E-state index is 0.00108. The quantitative estimate of drug-likeness (QED) is 0.167. The maximum atomic E-state index is 6.50. The Balaban J connectivity index is 1.18. The zero-order valence-corrected chi connectivity index (χ0v) is 37.0. The Kier molecular flexibility index (Phi) is 8.51. The summed E-state index contributed by atoms with van der Waals surface area (Å²) in [4.78, 5) is 2.49. The Hall–Kier alpha value is -5.86. The minimum atomic E-state index is -0.117. The van der Waals surface area contributed by atoms with Crippen LogP contribution in [-0.2, 0) is 21.7 Å². The van der Waals surface area contributed by atoms with Crippen molar-refractivity contribution in [2.75, 3.05) is 4.90 Å². The van der Waals surface area contributed by atoms with E-state index >= 15 is 0 Å². The van der Waals surface area contributed by atoms with Gasteiger partial charge in [-0.15, -0.1) is 0 Å². The minimum Gasteiger partial charge on any atom is -0.455 e. The number of hydrogen-bond acceptors (Lipinski definition) is 2. The number of benzene rings is 7. The highest BCUT2D eigenvalue weighted by Crippen LogP contribution is 2.58. The lowest BCUT2D eigenvalue weighted by molar-refractivity contribution is 0.468. The molecule has 2 heteroatoms. The molecule has 7 aromatic carbocycles. The van der Waals surface area contributed by atoms with Crippen LogP contribution in [0.1, 0.15) is 115 Å². The van der Waals surface area contributed by atoms with Gasteiger partial charge in [-0.2, -0.15) is 0 Å². The molecule has 2 aliphatic carbocycles. The Morgan fingerprint density at radius 3 is 1.87 bits per heavy atom. The van der Waals surface area contributed by atoms with E-state index in [2.05, 4.69) is 208 Å². The summed E-state index contributed by atoms with van der Waals surface area (Å²) in [5.41, 5.74) is 21.5. The van der Waals surface area contributed by atoms with Gasteiger partial charge in [0.25, 0.3) is 0 Å². The van der Waals surface area contributed by atoms with Crippen LogP contribution in [0.4, 0.5) is 17.1 Å². The highest BCUT2D eigenvalue weighted by atomic mass is 16.3. The standard InChI is InChI=1S/C58H57NO/c1-11-58(12-2)49-31-29-39(34-46(49)47-32-37(55(3,4)5)33-51(53(47)58)56(6,7)8)59(40-28-30-43-42-18-13-15-22-48(42)57(9,10)50(43)35-40)38-26-24-36(25-27-38)41-20-17-21-45-44-19-14-16-23-52(44)60-54(41)45/h13-35H,11-12H2,1-10H3. The van der Waals surface area contributed by atoms with Crippen molar-refractivity contribution in [3.05, 3.63) is 173 Å². The fourth-order valence-corrected chi connectivity index (χ4v) is 10.9. The SMILES string of the molecule is CCC1(CC)c2ccc(N(c3ccc(-c4cccc5c4oc4ccccc45)cc3)c3ccc4c(c3)C(C)(C)c3ccccc3-4)cc2-c2cc(C(C)(C)C)cc(C(C)(C)C)c21. The topological polar surface area (TPSA) is 16.4 Å². The molecule has 2 aliphatic rings. The molecule has 0 saturated carbocycles. The fourth-order valence-electron chi connectivity index (χ4n) is 10.9. The highest BCUT2D eigenvalue weighted by molar-refractivity contribution is 6.09. The van der Waals surface area contributed by atoms with Crippen LogP contribution in [0.3, 0.4) is 0 Å². The van der Waals surface area contributed by atoms with Gasteiger partial charge in [0.2, 0.25) is 0 Å². The Bertz CT molecular complexity index is 2990. The first kappa shape index (κ1) is 38.3. The van der Waals surface area contributed by atoms with E-state index in [-0.39, 0.29) is 21.7 Å². The first-order chi connectivity index (χ1) is 28.7. The molecule has 0 bridgehead atoms. The van der Waals surface area contributed by atoms with Crippen LogP contribution in [0.25, 0.3) is 55.3 Å². The second kappa shape index (κ2) is 13.3. The summed E-state index contributed by atoms with van der Waals surface area (Å²) < 4.78 is 6.50. The molecular weight excluding hydrogens is 727 g/mol. The smallest absolute Gasteiger partial charge is 0.143 e. The summed E-state index contributed by atoms with van der Waals surface area (Å²) in [5.74, 6) is 0. The van der Waals surface area contributed by atoms with Gasteiger partial charge in [-0.05, 0) is 127 Å². The van der Waals surface area contributed by atoms with E-state index in [1.54, 1.807) is 0 Å². The number of rotatable bonds is 6. The average molecular weight is 784 g/mol. The van der Waals surface area contributed by atoms with Crippen LogP contribution < -0.4 is 4.90 Å². The van der Waals surface area contributed by atoms with Gasteiger partial charge in [0.1, 0.15) is 11.2 Å². The van der Waals surface area contributed by atoms with Crippen molar-refractivity contribution in [3.8, 4) is 33.4 Å². The first-order valence-corrected chi connectivity index (χ1v) is 22.1. The molecule has 0 aliphatic heterocycles. The first-order valence-electron chi connectivity index (χ1n) is 22.1. The summed E-state index contributed by atoms with van der Waals surface area (Å²) >= 11 is 0. The van der Waals surface area contributed by atoms with Crippen molar-refractivity contribution < 1.29 is 4.42 Å². The molecule has 0 unspecified atom stereocenters. The van der Waals surface area contributed by atoms with Crippen LogP contribution in [-0.4, -0.2) is 0 Å². The molecule has 8 aromatic rings. The maximum absolute atomic E-state index is 6.50. The van der Waals surface area contributed by atoms with Crippen molar-refractivity contribution in [3.63, 3.8) is 0 Å². The van der Waals surface area contributed by atoms with E-state index in [0.717, 1.165) is 57.3 Å². The zero-order valence-electron chi connectivity index (χ0n) is 37.0. The van der Waals surface area contributed by atoms with Crippen molar-refractivity contribution in [2.24, 2.45) is 0 Å². The molecule has 0 spiro atoms. The van der Waals surface area contributed by atoms with Gasteiger partial charge in [-0.3, -0.25) is 0 Å². The van der Waals surface area contributed by atoms with Crippen LogP contribution in [0.5, 0.6) is 0 Å². The average Bonchev–Trinajstić information content (AvgIpc) is 3.84. The Morgan fingerprint density at radius 2 is 1.13 bits per heavy atom. The Labute approximate surface area is 356 Å². The van der Waals surface area contributed by atoms with E-state index in [1.165, 1.54) is 61.3 Å². The van der Waals surface area contributed by atoms with E-state index in [4.69, 9.17) is 4.42 Å². The summed E-state index contributed by atoms with van der Waals surface area (Å²) in [6.45, 7) is 23.8. The van der Waals surface area contributed by atoms with Crippen molar-refractivity contribution in [2.45, 2.75) is 104 Å². The van der Waals surface area contributed by atoms with Crippen LogP contribution in [0.15, 0.2) is 144 Å². The zero-order chi connectivity index (χ0) is 41.9. The summed E-state index contributed by atoms with van der Waals surface area (Å²) in [7, 11) is 0. The molecule has 0 atom stereocenters. The number of furan rings is 1. The normalized spacial score (nSPS) is 14.9. The Morgan fingerprint density at radius 1 is 0.500 bits per heavy atom. The number of hydrogen-bond donors (Lipinski definition) is 0. The summed E-state index contributed by atoms with van der Waals surface area (Å²) in [6.07, 6.45) is 2.12. The van der Waals surface area contributed by atoms with Gasteiger partial charge < -0.3 is 9.32 Å². The maximum Gasteiger partial charge on any atom is 0.143 e. The molecule has 0 fully saturated rings. The third-order valence-electron chi connectivity index (χ3n) is 14.2. The molecule has 60 heavy (non-hydrogen) atoms. The lowest BCUT2D eigenvalue weighted by atomic mass is 9.67. The highest BCUT2D eigenvalue weighted by Gasteiger charge is 2.45. The number of nitrogens with zero attached hydrogens (tertiary/aromatic N) is 1. The molecule has 1 aromatic heterocycles. The molecule has 1 heterocycles. The van der Waals surface area contributed by atoms with Gasteiger partial charge in [0, 0.05) is 44.2 Å². The lowest BCUT2D eigenvalue weighted by Gasteiger charge is -2.36. The molecule has 10 rings (SSSR count). The van der Waals surface area contributed by atoms with E-state index < -0.39 is 0 Å². The monoisotopic (exact) mass is 783 g/mol. The third-order valence-corrected chi connectivity index (χ3v) is 14.2. The summed E-state index contributed by atoms with van der Waals surface area (Å²) in [5, 5.41) is 2.30. The van der Waals surface area contributed by atoms with Gasteiger partial charge in [-0.1, -0.05) is 166 Å². The van der Waals surface area contributed by atoms with Gasteiger partial charge in [0.05, 0.1) is 0 Å². The molecule has 0 amide bonds. The molecular formula is C58H57NO. The van der Waals surface area contributed by atoms with Crippen molar-refractivity contribution >= 4 is 39.0 Å². The number of anilines is 3. The van der Waals surface area contributed by atoms with Gasteiger partial charge in [-0.25, -0.2) is 0 Å². The third kappa shape index (κ3) is 5.59. The molecule has 2 nitrogen and oxygen atoms in total. The van der Waals surface area contributed by atoms with E-state index in [0.29, 0.717) is 0 Å². The molecule has 0 N–H and O–H groups in total. The summed E-state index contributed by atoms with van der Waals surface area (Å²) in [6, 6.07) is 52.5. The lowest BCUT2D eigenvalue weighted by Crippen LogP contribution is -2.28. The second-order valence-electron chi connectivity index (χ2n) is 20.0. The molecule has 0 radical (unpaired) electrons. The van der Waals surface area contributed by atoms with Crippen molar-refractivity contribution in [1.82, 2.24) is 0 Å². The van der Waals surface area contributed by atoms with Crippen LogP contribution in [0.2, 0.25) is 0 Å². The fraction of sp³-hybridized carbons (Fsp3) is 0.276. The predicted molar refractivity (Wildman–Crippen MR) is 256 cm³/mol. The van der Waals surface area contributed by atoms with Gasteiger partial charge >= 0.3 is 0 Å². The van der Waals surface area contributed by atoms with Crippen LogP contribution >= 0.6 is 0 Å². The number of para-hydroxylation sites is 2. The van der Waals surface area contributed by atoms with E-state index in [1.807, 2.05) is 6.07 Å². The predicted octanol–water partition coefficient (Wildman–Crippen LogP) is 16.7. The van der Waals surface area contributed by atoms with E-state index in [9.17, 15) is 0 Å². The van der Waals surface area contributed by atoms with Crippen molar-refractivity contribution in [1.29, 1.82) is 0 Å². The van der Waals surface area contributed by atoms with Gasteiger partial charge in [0.15, 0.2) is 0 Å². The molecule has 0 saturated heterocycles. The largest absolute Gasteiger partial charge is 0.455 e.